The minimum absolute atomic E-state index is 0.304. The lowest BCUT2D eigenvalue weighted by molar-refractivity contribution is 0.415. The number of rotatable bonds is 4. The molecule has 1 unspecified atom stereocenters. The molecule has 4 rings (SSSR count). The molecule has 0 spiro atoms. The fourth-order valence-corrected chi connectivity index (χ4v) is 3.47. The Kier molecular flexibility index (Phi) is 4.76. The second kappa shape index (κ2) is 7.34. The second-order valence-electron chi connectivity index (χ2n) is 6.20. The number of ether oxygens (including phenoxy) is 1. The summed E-state index contributed by atoms with van der Waals surface area (Å²) in [5.74, 6) is 1.93. The first-order chi connectivity index (χ1) is 12.7. The number of halogens is 1. The number of aliphatic imine (C=N–C) groups is 1. The number of hydrogen-bond donors (Lipinski definition) is 0. The van der Waals surface area contributed by atoms with E-state index in [-0.39, 0.29) is 0 Å². The summed E-state index contributed by atoms with van der Waals surface area (Å²) in [6.45, 7) is 0. The highest BCUT2D eigenvalue weighted by atomic mass is 79.9. The van der Waals surface area contributed by atoms with E-state index in [0.717, 1.165) is 33.9 Å². The molecule has 0 aliphatic carbocycles. The highest BCUT2D eigenvalue weighted by molar-refractivity contribution is 9.10. The quantitative estimate of drug-likeness (QED) is 0.519. The molecule has 0 saturated carbocycles. The van der Waals surface area contributed by atoms with Crippen molar-refractivity contribution in [2.24, 2.45) is 4.99 Å². The predicted octanol–water partition coefficient (Wildman–Crippen LogP) is 6.14. The van der Waals surface area contributed by atoms with E-state index in [1.807, 2.05) is 36.4 Å². The van der Waals surface area contributed by atoms with Crippen LogP contribution in [0, 0.1) is 0 Å². The van der Waals surface area contributed by atoms with Gasteiger partial charge in [-0.05, 0) is 54.1 Å². The molecule has 0 N–H and O–H groups in total. The van der Waals surface area contributed by atoms with Crippen molar-refractivity contribution in [2.45, 2.75) is 12.5 Å². The van der Waals surface area contributed by atoms with E-state index < -0.39 is 0 Å². The van der Waals surface area contributed by atoms with Gasteiger partial charge in [0, 0.05) is 16.6 Å². The van der Waals surface area contributed by atoms with Crippen LogP contribution in [0.15, 0.2) is 88.3 Å². The van der Waals surface area contributed by atoms with E-state index >= 15 is 0 Å². The van der Waals surface area contributed by atoms with Gasteiger partial charge in [-0.25, -0.2) is 4.99 Å². The largest absolute Gasteiger partial charge is 0.497 e. The van der Waals surface area contributed by atoms with Gasteiger partial charge < -0.3 is 9.64 Å². The summed E-state index contributed by atoms with van der Waals surface area (Å²) in [7, 11) is 1.69. The van der Waals surface area contributed by atoms with Crippen LogP contribution < -0.4 is 9.64 Å². The van der Waals surface area contributed by atoms with E-state index in [1.54, 1.807) is 7.11 Å². The molecule has 1 aliphatic rings. The molecule has 3 aromatic carbocycles. The Balaban J connectivity index is 1.69. The van der Waals surface area contributed by atoms with Crippen molar-refractivity contribution >= 4 is 33.1 Å². The first-order valence-corrected chi connectivity index (χ1v) is 9.35. The maximum Gasteiger partial charge on any atom is 0.119 e. The van der Waals surface area contributed by atoms with Crippen molar-refractivity contribution in [3.63, 3.8) is 0 Å². The van der Waals surface area contributed by atoms with Gasteiger partial charge in [-0.15, -0.1) is 0 Å². The second-order valence-corrected chi connectivity index (χ2v) is 7.12. The third-order valence-electron chi connectivity index (χ3n) is 4.59. The van der Waals surface area contributed by atoms with E-state index in [9.17, 15) is 0 Å². The molecule has 3 nitrogen and oxygen atoms in total. The van der Waals surface area contributed by atoms with Gasteiger partial charge in [-0.3, -0.25) is 0 Å². The fourth-order valence-electron chi connectivity index (χ4n) is 3.21. The molecule has 0 radical (unpaired) electrons. The van der Waals surface area contributed by atoms with Gasteiger partial charge in [-0.1, -0.05) is 46.3 Å². The molecular formula is C22H19BrN2O. The minimum Gasteiger partial charge on any atom is -0.497 e. The summed E-state index contributed by atoms with van der Waals surface area (Å²) in [4.78, 5) is 7.17. The Morgan fingerprint density at radius 1 is 0.923 bits per heavy atom. The number of amidine groups is 1. The third-order valence-corrected chi connectivity index (χ3v) is 5.11. The van der Waals surface area contributed by atoms with Crippen LogP contribution in [0.5, 0.6) is 5.75 Å². The summed E-state index contributed by atoms with van der Waals surface area (Å²) in [6.07, 6.45) is 0.923. The highest BCUT2D eigenvalue weighted by Crippen LogP contribution is 2.41. The van der Waals surface area contributed by atoms with Crippen LogP contribution in [0.2, 0.25) is 0 Å². The lowest BCUT2D eigenvalue weighted by Crippen LogP contribution is -2.46. The number of anilines is 1. The first kappa shape index (κ1) is 16.9. The van der Waals surface area contributed by atoms with Crippen LogP contribution in [0.3, 0.4) is 0 Å². The minimum atomic E-state index is 0.304. The third kappa shape index (κ3) is 3.37. The van der Waals surface area contributed by atoms with Crippen LogP contribution in [0.1, 0.15) is 18.0 Å². The molecule has 1 fully saturated rings. The van der Waals surface area contributed by atoms with Crippen molar-refractivity contribution in [3.8, 4) is 5.75 Å². The van der Waals surface area contributed by atoms with Gasteiger partial charge >= 0.3 is 0 Å². The Labute approximate surface area is 162 Å². The number of hydrogen-bond acceptors (Lipinski definition) is 2. The van der Waals surface area contributed by atoms with Crippen LogP contribution in [-0.4, -0.2) is 12.9 Å². The molecule has 130 valence electrons. The zero-order valence-corrected chi connectivity index (χ0v) is 16.1. The monoisotopic (exact) mass is 406 g/mol. The molecule has 1 heterocycles. The SMILES string of the molecule is COc1ccc(N2/C(=N/c3ccc(Br)cc3)CC2c2ccccc2)cc1. The molecule has 1 atom stereocenters. The molecule has 0 aromatic heterocycles. The predicted molar refractivity (Wildman–Crippen MR) is 111 cm³/mol. The molecule has 4 heteroatoms. The summed E-state index contributed by atoms with van der Waals surface area (Å²) in [5, 5.41) is 0. The van der Waals surface area contributed by atoms with Crippen LogP contribution in [0.25, 0.3) is 0 Å². The summed E-state index contributed by atoms with van der Waals surface area (Å²) >= 11 is 3.47. The van der Waals surface area contributed by atoms with Gasteiger partial charge in [0.05, 0.1) is 18.8 Å². The van der Waals surface area contributed by atoms with Gasteiger partial charge in [0.2, 0.25) is 0 Å². The summed E-state index contributed by atoms with van der Waals surface area (Å²) < 4.78 is 6.35. The van der Waals surface area contributed by atoms with Crippen molar-refractivity contribution in [3.05, 3.63) is 88.9 Å². The highest BCUT2D eigenvalue weighted by Gasteiger charge is 2.36. The molecule has 1 aliphatic heterocycles. The standard InChI is InChI=1S/C22H19BrN2O/c1-26-20-13-11-19(12-14-20)25-21(16-5-3-2-4-6-16)15-22(25)24-18-9-7-17(23)8-10-18/h2-14,21H,15H2,1H3/b24-22+. The molecule has 0 amide bonds. The van der Waals surface area contributed by atoms with Crippen LogP contribution in [0.4, 0.5) is 11.4 Å². The molecule has 26 heavy (non-hydrogen) atoms. The topological polar surface area (TPSA) is 24.8 Å². The molecule has 0 bridgehead atoms. The zero-order chi connectivity index (χ0) is 17.9. The smallest absolute Gasteiger partial charge is 0.119 e. The molecule has 3 aromatic rings. The van der Waals surface area contributed by atoms with Crippen molar-refractivity contribution in [2.75, 3.05) is 12.0 Å². The van der Waals surface area contributed by atoms with Crippen molar-refractivity contribution in [1.82, 2.24) is 0 Å². The summed E-state index contributed by atoms with van der Waals surface area (Å²) in [5.41, 5.74) is 3.40. The van der Waals surface area contributed by atoms with Crippen molar-refractivity contribution < 1.29 is 4.74 Å². The maximum absolute atomic E-state index is 5.29. The average Bonchev–Trinajstić information content (AvgIpc) is 2.67. The Morgan fingerprint density at radius 3 is 2.27 bits per heavy atom. The number of methoxy groups -OCH3 is 1. The number of nitrogens with zero attached hydrogens (tertiary/aromatic N) is 2. The Bertz CT molecular complexity index is 905. The maximum atomic E-state index is 5.29. The summed E-state index contributed by atoms with van der Waals surface area (Å²) in [6, 6.07) is 27.1. The normalized spacial score (nSPS) is 17.8. The Morgan fingerprint density at radius 2 is 1.62 bits per heavy atom. The van der Waals surface area contributed by atoms with Gasteiger partial charge in [0.1, 0.15) is 11.6 Å². The van der Waals surface area contributed by atoms with E-state index in [2.05, 4.69) is 63.3 Å². The lowest BCUT2D eigenvalue weighted by atomic mass is 9.92. The van der Waals surface area contributed by atoms with Crippen LogP contribution >= 0.6 is 15.9 Å². The molecular weight excluding hydrogens is 388 g/mol. The van der Waals surface area contributed by atoms with E-state index in [0.29, 0.717) is 6.04 Å². The van der Waals surface area contributed by atoms with Crippen molar-refractivity contribution in [1.29, 1.82) is 0 Å². The van der Waals surface area contributed by atoms with Crippen LogP contribution in [-0.2, 0) is 0 Å². The first-order valence-electron chi connectivity index (χ1n) is 8.56. The van der Waals surface area contributed by atoms with Gasteiger partial charge in [0.25, 0.3) is 0 Å². The van der Waals surface area contributed by atoms with E-state index in [4.69, 9.17) is 9.73 Å². The lowest BCUT2D eigenvalue weighted by Gasteiger charge is -2.44. The van der Waals surface area contributed by atoms with Gasteiger partial charge in [-0.2, -0.15) is 0 Å². The molecule has 1 saturated heterocycles. The van der Waals surface area contributed by atoms with Gasteiger partial charge in [0.15, 0.2) is 0 Å². The zero-order valence-electron chi connectivity index (χ0n) is 14.5. The number of benzene rings is 3. The Hall–Kier alpha value is -2.59. The average molecular weight is 407 g/mol. The van der Waals surface area contributed by atoms with E-state index in [1.165, 1.54) is 5.56 Å². The fraction of sp³-hybridized carbons (Fsp3) is 0.136.